The molecule has 0 amide bonds. The summed E-state index contributed by atoms with van der Waals surface area (Å²) in [6.07, 6.45) is 7.21. The van der Waals surface area contributed by atoms with Gasteiger partial charge in [-0.15, -0.1) is 0 Å². The molecular formula is C21H23ClN6O2S. The second-order valence-corrected chi connectivity index (χ2v) is 11.7. The van der Waals surface area contributed by atoms with E-state index >= 15 is 0 Å². The van der Waals surface area contributed by atoms with Crippen LogP contribution in [0.5, 0.6) is 0 Å². The molecule has 5 unspecified atom stereocenters. The third-order valence-corrected chi connectivity index (χ3v) is 9.92. The van der Waals surface area contributed by atoms with Crippen LogP contribution in [0.15, 0.2) is 17.3 Å². The minimum atomic E-state index is -1.05. The van der Waals surface area contributed by atoms with E-state index in [2.05, 4.69) is 20.2 Å². The quantitative estimate of drug-likeness (QED) is 0.701. The van der Waals surface area contributed by atoms with Crippen molar-refractivity contribution in [3.63, 3.8) is 0 Å². The maximum Gasteiger partial charge on any atom is 0.227 e. The first-order valence-electron chi connectivity index (χ1n) is 11.0. The number of nitrogens with zero attached hydrogens (tertiary/aromatic N) is 5. The summed E-state index contributed by atoms with van der Waals surface area (Å²) >= 11 is 5.93. The molecule has 4 heterocycles. The molecule has 31 heavy (non-hydrogen) atoms. The fourth-order valence-corrected chi connectivity index (χ4v) is 7.62. The van der Waals surface area contributed by atoms with Crippen molar-refractivity contribution in [2.75, 3.05) is 29.9 Å². The van der Waals surface area contributed by atoms with Crippen LogP contribution in [0.25, 0.3) is 0 Å². The molecule has 0 spiro atoms. The van der Waals surface area contributed by atoms with Crippen LogP contribution < -0.4 is 10.2 Å². The minimum absolute atomic E-state index is 0.0667. The van der Waals surface area contributed by atoms with Crippen molar-refractivity contribution in [1.82, 2.24) is 19.9 Å². The first-order chi connectivity index (χ1) is 15.1. The predicted octanol–water partition coefficient (Wildman–Crippen LogP) is 2.07. The Balaban J connectivity index is 1.17. The number of aliphatic hydroxyl groups excluding tert-OH is 1. The normalized spacial score (nSPS) is 35.7. The summed E-state index contributed by atoms with van der Waals surface area (Å²) in [7, 11) is -1.05. The Kier molecular flexibility index (Phi) is 3.84. The number of piperidine rings is 1. The number of fused-ring (bicyclic) bond motifs is 4. The van der Waals surface area contributed by atoms with Gasteiger partial charge in [-0.25, -0.2) is 15.0 Å². The molecular weight excluding hydrogens is 436 g/mol. The highest BCUT2D eigenvalue weighted by atomic mass is 35.5. The number of hydrogen-bond donors (Lipinski definition) is 2. The maximum atomic E-state index is 12.9. The fourth-order valence-electron chi connectivity index (χ4n) is 5.72. The molecule has 1 saturated heterocycles. The van der Waals surface area contributed by atoms with Gasteiger partial charge in [0.05, 0.1) is 33.7 Å². The van der Waals surface area contributed by atoms with Crippen LogP contribution >= 0.6 is 11.6 Å². The molecule has 2 aromatic rings. The molecule has 162 valence electrons. The average molecular weight is 459 g/mol. The molecule has 0 bridgehead atoms. The topological polar surface area (TPSA) is 104 Å². The minimum Gasteiger partial charge on any atom is -0.394 e. The Morgan fingerprint density at radius 3 is 2.61 bits per heavy atom. The summed E-state index contributed by atoms with van der Waals surface area (Å²) in [5.41, 5.74) is 0.627. The highest BCUT2D eigenvalue weighted by Crippen LogP contribution is 2.59. The van der Waals surface area contributed by atoms with Crippen molar-refractivity contribution in [3.8, 4) is 0 Å². The number of rotatable bonds is 5. The van der Waals surface area contributed by atoms with E-state index in [1.807, 2.05) is 0 Å². The van der Waals surface area contributed by atoms with Crippen molar-refractivity contribution in [2.24, 2.45) is 11.8 Å². The van der Waals surface area contributed by atoms with Gasteiger partial charge in [0, 0.05) is 42.6 Å². The second kappa shape index (κ2) is 6.36. The van der Waals surface area contributed by atoms with E-state index < -0.39 is 10.8 Å². The zero-order valence-corrected chi connectivity index (χ0v) is 18.4. The van der Waals surface area contributed by atoms with Gasteiger partial charge < -0.3 is 15.3 Å². The molecule has 8 nitrogen and oxygen atoms in total. The summed E-state index contributed by atoms with van der Waals surface area (Å²) in [6.45, 7) is 1.82. The molecule has 2 N–H and O–H groups in total. The Morgan fingerprint density at radius 1 is 1.23 bits per heavy atom. The third kappa shape index (κ3) is 2.72. The number of halogens is 1. The van der Waals surface area contributed by atoms with Crippen molar-refractivity contribution in [1.29, 1.82) is 0 Å². The van der Waals surface area contributed by atoms with Gasteiger partial charge in [0.15, 0.2) is 0 Å². The Labute approximate surface area is 187 Å². The van der Waals surface area contributed by atoms with Gasteiger partial charge in [0.1, 0.15) is 16.5 Å². The number of anilines is 2. The van der Waals surface area contributed by atoms with E-state index in [-0.39, 0.29) is 17.4 Å². The SMILES string of the molecule is O=S1c2c(NC3(CO)CCC3)nc(N3CC4C(C3)C4c3ncc(Cl)cn3)nc2C2CC21. The molecule has 5 atom stereocenters. The summed E-state index contributed by atoms with van der Waals surface area (Å²) in [5.74, 6) is 3.98. The number of aliphatic hydroxyl groups is 1. The van der Waals surface area contributed by atoms with Crippen molar-refractivity contribution >= 4 is 34.2 Å². The lowest BCUT2D eigenvalue weighted by Crippen LogP contribution is -2.48. The third-order valence-electron chi connectivity index (χ3n) is 7.85. The van der Waals surface area contributed by atoms with E-state index in [4.69, 9.17) is 21.6 Å². The van der Waals surface area contributed by atoms with Crippen LogP contribution in [-0.4, -0.2) is 59.7 Å². The average Bonchev–Trinajstić information content (AvgIpc) is 3.61. The first-order valence-corrected chi connectivity index (χ1v) is 12.6. The zero-order valence-electron chi connectivity index (χ0n) is 16.9. The Bertz CT molecular complexity index is 1090. The lowest BCUT2D eigenvalue weighted by atomic mass is 9.77. The lowest BCUT2D eigenvalue weighted by molar-refractivity contribution is 0.143. The summed E-state index contributed by atoms with van der Waals surface area (Å²) in [4.78, 5) is 21.6. The van der Waals surface area contributed by atoms with Gasteiger partial charge in [-0.1, -0.05) is 11.6 Å². The number of hydrogen-bond acceptors (Lipinski definition) is 8. The van der Waals surface area contributed by atoms with E-state index in [1.165, 1.54) is 0 Å². The first kappa shape index (κ1) is 18.7. The molecule has 10 heteroatoms. The highest BCUT2D eigenvalue weighted by molar-refractivity contribution is 7.86. The van der Waals surface area contributed by atoms with E-state index in [0.29, 0.717) is 34.5 Å². The molecule has 0 aromatic carbocycles. The van der Waals surface area contributed by atoms with Crippen molar-refractivity contribution in [3.05, 3.63) is 28.9 Å². The van der Waals surface area contributed by atoms with Gasteiger partial charge >= 0.3 is 0 Å². The van der Waals surface area contributed by atoms with Crippen LogP contribution in [0.1, 0.15) is 49.0 Å². The highest BCUT2D eigenvalue weighted by Gasteiger charge is 2.59. The van der Waals surface area contributed by atoms with Gasteiger partial charge in [-0.2, -0.15) is 4.98 Å². The summed E-state index contributed by atoms with van der Waals surface area (Å²) in [6, 6.07) is 0. The monoisotopic (exact) mass is 458 g/mol. The van der Waals surface area contributed by atoms with Crippen molar-refractivity contribution < 1.29 is 9.32 Å². The van der Waals surface area contributed by atoms with Crippen LogP contribution in [-0.2, 0) is 10.8 Å². The zero-order chi connectivity index (χ0) is 20.9. The van der Waals surface area contributed by atoms with E-state index in [1.54, 1.807) is 12.4 Å². The van der Waals surface area contributed by atoms with Crippen LogP contribution in [0, 0.1) is 11.8 Å². The molecule has 3 aliphatic carbocycles. The molecule has 2 aliphatic heterocycles. The largest absolute Gasteiger partial charge is 0.394 e. The molecule has 0 radical (unpaired) electrons. The lowest BCUT2D eigenvalue weighted by Gasteiger charge is -2.41. The smallest absolute Gasteiger partial charge is 0.227 e. The summed E-state index contributed by atoms with van der Waals surface area (Å²) in [5, 5.41) is 14.2. The Morgan fingerprint density at radius 2 is 1.97 bits per heavy atom. The van der Waals surface area contributed by atoms with Gasteiger partial charge in [-0.05, 0) is 37.5 Å². The number of aromatic nitrogens is 4. The molecule has 3 saturated carbocycles. The molecule has 7 rings (SSSR count). The van der Waals surface area contributed by atoms with Gasteiger partial charge in [0.2, 0.25) is 5.95 Å². The maximum absolute atomic E-state index is 12.9. The standard InChI is InChI=1S/C21H23ClN6O2S/c22-10-5-23-18(24-6-10)15-12-7-28(8-13(12)15)20-25-16-11-4-14(11)31(30)17(16)19(26-20)27-21(9-29)2-1-3-21/h5-6,11-15,29H,1-4,7-9H2,(H,25,26,27). The molecule has 5 aliphatic rings. The molecule has 2 aromatic heterocycles. The van der Waals surface area contributed by atoms with Gasteiger partial charge in [-0.3, -0.25) is 4.21 Å². The van der Waals surface area contributed by atoms with Crippen LogP contribution in [0.4, 0.5) is 11.8 Å². The fraction of sp³-hybridized carbons (Fsp3) is 0.619. The van der Waals surface area contributed by atoms with Crippen LogP contribution in [0.3, 0.4) is 0 Å². The van der Waals surface area contributed by atoms with Crippen molar-refractivity contribution in [2.45, 2.75) is 53.2 Å². The van der Waals surface area contributed by atoms with Crippen LogP contribution in [0.2, 0.25) is 5.02 Å². The second-order valence-electron chi connectivity index (χ2n) is 9.70. The number of nitrogens with one attached hydrogen (secondary N) is 1. The Hall–Kier alpha value is -1.84. The summed E-state index contributed by atoms with van der Waals surface area (Å²) < 4.78 is 12.9. The van der Waals surface area contributed by atoms with E-state index in [9.17, 15) is 9.32 Å². The van der Waals surface area contributed by atoms with E-state index in [0.717, 1.165) is 61.1 Å². The predicted molar refractivity (Wildman–Crippen MR) is 116 cm³/mol. The van der Waals surface area contributed by atoms with Gasteiger partial charge in [0.25, 0.3) is 0 Å². The molecule has 4 fully saturated rings.